The molecule has 0 bridgehead atoms. The fourth-order valence-electron chi connectivity index (χ4n) is 3.76. The molecule has 4 nitrogen and oxygen atoms in total. The molecule has 5 heteroatoms. The molecule has 4 rings (SSSR count). The molecule has 0 unspecified atom stereocenters. The highest BCUT2D eigenvalue weighted by Crippen LogP contribution is 2.35. The summed E-state index contributed by atoms with van der Waals surface area (Å²) >= 11 is 1.70. The van der Waals surface area contributed by atoms with Gasteiger partial charge in [-0.05, 0) is 63.5 Å². The smallest absolute Gasteiger partial charge is 0.264 e. The topological polar surface area (TPSA) is 46.3 Å². The van der Waals surface area contributed by atoms with E-state index in [1.165, 1.54) is 23.3 Å². The minimum Gasteiger partial charge on any atom is -0.361 e. The first-order chi connectivity index (χ1) is 11.2. The number of likely N-dealkylation sites (tertiary alicyclic amines) is 1. The maximum absolute atomic E-state index is 13.1. The molecule has 122 valence electrons. The lowest BCUT2D eigenvalue weighted by molar-refractivity contribution is 0.0607. The molecule has 1 atom stereocenters. The van der Waals surface area contributed by atoms with Crippen molar-refractivity contribution in [2.75, 3.05) is 6.54 Å². The maximum Gasteiger partial charge on any atom is 0.264 e. The number of nitrogens with zero attached hydrogens (tertiary/aromatic N) is 2. The summed E-state index contributed by atoms with van der Waals surface area (Å²) in [5, 5.41) is 4.17. The molecule has 1 saturated heterocycles. The first-order valence-corrected chi connectivity index (χ1v) is 9.40. The van der Waals surface area contributed by atoms with Crippen molar-refractivity contribution in [1.82, 2.24) is 10.1 Å². The molecule has 2 aromatic rings. The minimum absolute atomic E-state index is 0.0628. The molecule has 3 heterocycles. The maximum atomic E-state index is 13.1. The van der Waals surface area contributed by atoms with Crippen molar-refractivity contribution in [3.8, 4) is 0 Å². The van der Waals surface area contributed by atoms with Crippen LogP contribution in [0.2, 0.25) is 0 Å². The van der Waals surface area contributed by atoms with Crippen LogP contribution in [0, 0.1) is 6.92 Å². The lowest BCUT2D eigenvalue weighted by atomic mass is 9.98. The van der Waals surface area contributed by atoms with Gasteiger partial charge in [0.1, 0.15) is 11.5 Å². The van der Waals surface area contributed by atoms with Gasteiger partial charge >= 0.3 is 0 Å². The zero-order valence-electron chi connectivity index (χ0n) is 13.5. The Morgan fingerprint density at radius 2 is 2.13 bits per heavy atom. The van der Waals surface area contributed by atoms with Gasteiger partial charge in [-0.1, -0.05) is 5.16 Å². The van der Waals surface area contributed by atoms with E-state index >= 15 is 0 Å². The van der Waals surface area contributed by atoms with Crippen molar-refractivity contribution < 1.29 is 9.32 Å². The van der Waals surface area contributed by atoms with E-state index in [2.05, 4.69) is 11.2 Å². The van der Waals surface area contributed by atoms with E-state index in [1.54, 1.807) is 11.3 Å². The summed E-state index contributed by atoms with van der Waals surface area (Å²) in [5.41, 5.74) is 2.30. The van der Waals surface area contributed by atoms with E-state index in [4.69, 9.17) is 4.52 Å². The summed E-state index contributed by atoms with van der Waals surface area (Å²) in [7, 11) is 0. The predicted molar refractivity (Wildman–Crippen MR) is 89.8 cm³/mol. The fraction of sp³-hybridized carbons (Fsp3) is 0.556. The van der Waals surface area contributed by atoms with E-state index < -0.39 is 0 Å². The largest absolute Gasteiger partial charge is 0.361 e. The Morgan fingerprint density at radius 1 is 1.26 bits per heavy atom. The Morgan fingerprint density at radius 3 is 2.91 bits per heavy atom. The first kappa shape index (κ1) is 14.9. The van der Waals surface area contributed by atoms with E-state index in [-0.39, 0.29) is 11.9 Å². The first-order valence-electron chi connectivity index (χ1n) is 8.58. The molecule has 0 saturated carbocycles. The molecule has 1 aliphatic heterocycles. The van der Waals surface area contributed by atoms with Gasteiger partial charge in [-0.15, -0.1) is 11.3 Å². The van der Waals surface area contributed by atoms with Crippen LogP contribution < -0.4 is 0 Å². The van der Waals surface area contributed by atoms with Gasteiger partial charge < -0.3 is 9.42 Å². The second kappa shape index (κ2) is 6.11. The fourth-order valence-corrected chi connectivity index (χ4v) is 4.97. The summed E-state index contributed by atoms with van der Waals surface area (Å²) in [6.07, 6.45) is 7.96. The summed E-state index contributed by atoms with van der Waals surface area (Å²) in [5.74, 6) is 0.985. The van der Waals surface area contributed by atoms with Gasteiger partial charge in [0.25, 0.3) is 5.91 Å². The molecule has 0 radical (unpaired) electrons. The Bertz CT molecular complexity index is 695. The number of aromatic nitrogens is 1. The second-order valence-electron chi connectivity index (χ2n) is 6.64. The number of carbonyl (C=O) groups is 1. The summed E-state index contributed by atoms with van der Waals surface area (Å²) in [6, 6.07) is 4.17. The van der Waals surface area contributed by atoms with Crippen molar-refractivity contribution in [3.05, 3.63) is 38.9 Å². The molecule has 1 aliphatic carbocycles. The van der Waals surface area contributed by atoms with E-state index in [9.17, 15) is 4.79 Å². The summed E-state index contributed by atoms with van der Waals surface area (Å²) in [6.45, 7) is 2.72. The van der Waals surface area contributed by atoms with Crippen LogP contribution in [0.1, 0.15) is 69.7 Å². The number of hydrogen-bond acceptors (Lipinski definition) is 4. The van der Waals surface area contributed by atoms with Crippen LogP contribution in [0.25, 0.3) is 0 Å². The van der Waals surface area contributed by atoms with Gasteiger partial charge in [-0.2, -0.15) is 0 Å². The van der Waals surface area contributed by atoms with E-state index in [1.807, 2.05) is 17.9 Å². The van der Waals surface area contributed by atoms with Crippen LogP contribution in [0.5, 0.6) is 0 Å². The monoisotopic (exact) mass is 330 g/mol. The molecular weight excluding hydrogens is 308 g/mol. The van der Waals surface area contributed by atoms with Gasteiger partial charge in [-0.25, -0.2) is 0 Å². The van der Waals surface area contributed by atoms with Crippen molar-refractivity contribution in [1.29, 1.82) is 0 Å². The Kier molecular flexibility index (Phi) is 3.97. The lowest BCUT2D eigenvalue weighted by Crippen LogP contribution is -2.38. The predicted octanol–water partition coefficient (Wildman–Crippen LogP) is 4.29. The Balaban J connectivity index is 1.61. The molecule has 1 fully saturated rings. The van der Waals surface area contributed by atoms with Crippen LogP contribution >= 0.6 is 11.3 Å². The molecule has 0 N–H and O–H groups in total. The van der Waals surface area contributed by atoms with Crippen LogP contribution in [-0.2, 0) is 12.8 Å². The Labute approximate surface area is 140 Å². The highest BCUT2D eigenvalue weighted by atomic mass is 32.1. The average molecular weight is 330 g/mol. The number of thiophene rings is 1. The van der Waals surface area contributed by atoms with Crippen molar-refractivity contribution >= 4 is 17.2 Å². The molecule has 2 aliphatic rings. The normalized spacial score (nSPS) is 21.3. The number of amides is 1. The van der Waals surface area contributed by atoms with Crippen molar-refractivity contribution in [2.45, 2.75) is 57.9 Å². The number of rotatable bonds is 2. The Hall–Kier alpha value is -1.62. The standard InChI is InChI=1S/C18H22N2O2S/c1-12-10-14(19-22-12)15-7-4-5-9-20(15)18(21)17-11-13-6-2-3-8-16(13)23-17/h10-11,15H,2-9H2,1H3/t15-/m1/s1. The van der Waals surface area contributed by atoms with Crippen LogP contribution in [0.3, 0.4) is 0 Å². The third kappa shape index (κ3) is 2.82. The number of piperidine rings is 1. The molecule has 2 aromatic heterocycles. The van der Waals surface area contributed by atoms with Gasteiger partial charge in [0.2, 0.25) is 0 Å². The highest BCUT2D eigenvalue weighted by molar-refractivity contribution is 7.14. The molecule has 0 spiro atoms. The van der Waals surface area contributed by atoms with Crippen LogP contribution in [0.4, 0.5) is 0 Å². The number of fused-ring (bicyclic) bond motifs is 1. The van der Waals surface area contributed by atoms with E-state index in [0.717, 1.165) is 55.0 Å². The zero-order chi connectivity index (χ0) is 15.8. The lowest BCUT2D eigenvalue weighted by Gasteiger charge is -2.34. The van der Waals surface area contributed by atoms with E-state index in [0.29, 0.717) is 0 Å². The quantitative estimate of drug-likeness (QED) is 0.825. The van der Waals surface area contributed by atoms with Crippen molar-refractivity contribution in [3.63, 3.8) is 0 Å². The second-order valence-corrected chi connectivity index (χ2v) is 7.78. The van der Waals surface area contributed by atoms with Crippen molar-refractivity contribution in [2.24, 2.45) is 0 Å². The summed E-state index contributed by atoms with van der Waals surface area (Å²) in [4.78, 5) is 17.4. The number of hydrogen-bond donors (Lipinski definition) is 0. The molecular formula is C18H22N2O2S. The number of aryl methyl sites for hydroxylation is 3. The molecule has 0 aromatic carbocycles. The number of carbonyl (C=O) groups excluding carboxylic acids is 1. The zero-order valence-corrected chi connectivity index (χ0v) is 14.3. The summed E-state index contributed by atoms with van der Waals surface area (Å²) < 4.78 is 5.23. The van der Waals surface area contributed by atoms with Crippen LogP contribution in [0.15, 0.2) is 16.7 Å². The van der Waals surface area contributed by atoms with Gasteiger partial charge in [-0.3, -0.25) is 4.79 Å². The molecule has 23 heavy (non-hydrogen) atoms. The van der Waals surface area contributed by atoms with Gasteiger partial charge in [0.15, 0.2) is 0 Å². The minimum atomic E-state index is 0.0628. The van der Waals surface area contributed by atoms with Gasteiger partial charge in [0, 0.05) is 17.5 Å². The third-order valence-electron chi connectivity index (χ3n) is 4.96. The molecule has 1 amide bonds. The van der Waals surface area contributed by atoms with Crippen LogP contribution in [-0.4, -0.2) is 22.5 Å². The highest BCUT2D eigenvalue weighted by Gasteiger charge is 2.32. The average Bonchev–Trinajstić information content (AvgIpc) is 3.20. The van der Waals surface area contributed by atoms with Gasteiger partial charge in [0.05, 0.1) is 10.9 Å². The third-order valence-corrected chi connectivity index (χ3v) is 6.18. The SMILES string of the molecule is Cc1cc([C@H]2CCCCN2C(=O)c2cc3c(s2)CCCC3)no1.